The highest BCUT2D eigenvalue weighted by atomic mass is 16.1. The van der Waals surface area contributed by atoms with Crippen molar-refractivity contribution in [2.24, 2.45) is 0 Å². The number of hydrogen-bond acceptors (Lipinski definition) is 1. The number of para-hydroxylation sites is 1. The quantitative estimate of drug-likeness (QED) is 0.746. The van der Waals surface area contributed by atoms with E-state index in [2.05, 4.69) is 5.10 Å². The maximum absolute atomic E-state index is 11.6. The minimum Gasteiger partial charge on any atom is -0.268 e. The highest BCUT2D eigenvalue weighted by molar-refractivity contribution is 5.36. The molecule has 0 amide bonds. The van der Waals surface area contributed by atoms with Gasteiger partial charge in [0.05, 0.1) is 5.69 Å². The van der Waals surface area contributed by atoms with Crippen LogP contribution in [0.5, 0.6) is 0 Å². The van der Waals surface area contributed by atoms with Crippen LogP contribution in [-0.4, -0.2) is 9.78 Å². The number of fused-ring (bicyclic) bond motifs is 1. The van der Waals surface area contributed by atoms with Crippen LogP contribution in [0.25, 0.3) is 5.69 Å². The largest absolute Gasteiger partial charge is 0.268 e. The van der Waals surface area contributed by atoms with E-state index in [-0.39, 0.29) is 5.56 Å². The van der Waals surface area contributed by atoms with Gasteiger partial charge in [0.1, 0.15) is 0 Å². The van der Waals surface area contributed by atoms with Crippen molar-refractivity contribution in [2.45, 2.75) is 19.3 Å². The highest BCUT2D eigenvalue weighted by Gasteiger charge is 2.20. The maximum atomic E-state index is 11.6. The first kappa shape index (κ1) is 8.53. The van der Waals surface area contributed by atoms with E-state index < -0.39 is 0 Å². The first-order valence-corrected chi connectivity index (χ1v) is 5.24. The zero-order valence-corrected chi connectivity index (χ0v) is 8.36. The minimum atomic E-state index is 0.0753. The normalized spacial score (nSPS) is 14.1. The summed E-state index contributed by atoms with van der Waals surface area (Å²) in [6.45, 7) is 0. The van der Waals surface area contributed by atoms with Crippen molar-refractivity contribution < 1.29 is 0 Å². The summed E-state index contributed by atoms with van der Waals surface area (Å²) in [5.74, 6) is 0. The standard InChI is InChI=1S/C12H12N2O/c15-12-10-7-4-8-11(10)14(13-12)9-5-2-1-3-6-9/h1-3,5-6H,4,7-8H2,(H,13,15). The molecule has 1 N–H and O–H groups in total. The van der Waals surface area contributed by atoms with Gasteiger partial charge < -0.3 is 0 Å². The molecular formula is C12H12N2O. The molecule has 15 heavy (non-hydrogen) atoms. The predicted molar refractivity (Wildman–Crippen MR) is 58.4 cm³/mol. The Morgan fingerprint density at radius 1 is 1.13 bits per heavy atom. The molecular weight excluding hydrogens is 188 g/mol. The Bertz CT molecular complexity index is 536. The summed E-state index contributed by atoms with van der Waals surface area (Å²) in [4.78, 5) is 11.6. The molecule has 1 aliphatic rings. The fraction of sp³-hybridized carbons (Fsp3) is 0.250. The SMILES string of the molecule is O=c1[nH]n(-c2ccccc2)c2c1CCC2. The van der Waals surface area contributed by atoms with Crippen LogP contribution in [0, 0.1) is 0 Å². The Morgan fingerprint density at radius 3 is 2.73 bits per heavy atom. The van der Waals surface area contributed by atoms with Gasteiger partial charge in [-0.1, -0.05) is 18.2 Å². The summed E-state index contributed by atoms with van der Waals surface area (Å²) in [5, 5.41) is 2.89. The fourth-order valence-electron chi connectivity index (χ4n) is 2.25. The summed E-state index contributed by atoms with van der Waals surface area (Å²) in [5.41, 5.74) is 3.24. The lowest BCUT2D eigenvalue weighted by Crippen LogP contribution is -2.07. The number of nitrogens with zero attached hydrogens (tertiary/aromatic N) is 1. The second-order valence-electron chi connectivity index (χ2n) is 3.89. The average molecular weight is 200 g/mol. The van der Waals surface area contributed by atoms with Gasteiger partial charge in [0, 0.05) is 11.3 Å². The molecule has 1 aliphatic carbocycles. The fourth-order valence-corrected chi connectivity index (χ4v) is 2.25. The van der Waals surface area contributed by atoms with Crippen molar-refractivity contribution in [1.82, 2.24) is 9.78 Å². The lowest BCUT2D eigenvalue weighted by atomic mass is 10.3. The van der Waals surface area contributed by atoms with Crippen LogP contribution < -0.4 is 5.56 Å². The van der Waals surface area contributed by atoms with Crippen molar-refractivity contribution in [2.75, 3.05) is 0 Å². The monoisotopic (exact) mass is 200 g/mol. The first-order valence-electron chi connectivity index (χ1n) is 5.24. The molecule has 3 heteroatoms. The van der Waals surface area contributed by atoms with Gasteiger partial charge in [-0.2, -0.15) is 0 Å². The molecule has 3 rings (SSSR count). The van der Waals surface area contributed by atoms with Crippen LogP contribution >= 0.6 is 0 Å². The lowest BCUT2D eigenvalue weighted by molar-refractivity contribution is 0.773. The number of hydrogen-bond donors (Lipinski definition) is 1. The van der Waals surface area contributed by atoms with Gasteiger partial charge in [0.15, 0.2) is 0 Å². The van der Waals surface area contributed by atoms with Crippen molar-refractivity contribution in [1.29, 1.82) is 0 Å². The van der Waals surface area contributed by atoms with E-state index in [9.17, 15) is 4.79 Å². The van der Waals surface area contributed by atoms with Crippen LogP contribution in [0.2, 0.25) is 0 Å². The van der Waals surface area contributed by atoms with E-state index in [4.69, 9.17) is 0 Å². The molecule has 1 aromatic heterocycles. The summed E-state index contributed by atoms with van der Waals surface area (Å²) < 4.78 is 1.92. The summed E-state index contributed by atoms with van der Waals surface area (Å²) in [7, 11) is 0. The molecule has 2 aromatic rings. The number of nitrogens with one attached hydrogen (secondary N) is 1. The van der Waals surface area contributed by atoms with Crippen LogP contribution in [0.15, 0.2) is 35.1 Å². The van der Waals surface area contributed by atoms with Gasteiger partial charge in [0.2, 0.25) is 0 Å². The van der Waals surface area contributed by atoms with Crippen molar-refractivity contribution in [3.8, 4) is 5.69 Å². The minimum absolute atomic E-state index is 0.0753. The van der Waals surface area contributed by atoms with Crippen LogP contribution in [0.1, 0.15) is 17.7 Å². The third-order valence-electron chi connectivity index (χ3n) is 2.96. The molecule has 0 unspecified atom stereocenters. The van der Waals surface area contributed by atoms with Crippen molar-refractivity contribution in [3.63, 3.8) is 0 Å². The van der Waals surface area contributed by atoms with E-state index >= 15 is 0 Å². The van der Waals surface area contributed by atoms with Gasteiger partial charge in [-0.15, -0.1) is 0 Å². The molecule has 76 valence electrons. The summed E-state index contributed by atoms with van der Waals surface area (Å²) in [6, 6.07) is 9.96. The van der Waals surface area contributed by atoms with Gasteiger partial charge in [-0.05, 0) is 31.4 Å². The molecule has 0 aliphatic heterocycles. The molecule has 0 saturated carbocycles. The molecule has 0 fully saturated rings. The van der Waals surface area contributed by atoms with Crippen LogP contribution in [0.3, 0.4) is 0 Å². The number of benzene rings is 1. The highest BCUT2D eigenvalue weighted by Crippen LogP contribution is 2.20. The van der Waals surface area contributed by atoms with Crippen molar-refractivity contribution in [3.05, 3.63) is 51.9 Å². The zero-order valence-electron chi connectivity index (χ0n) is 8.36. The lowest BCUT2D eigenvalue weighted by Gasteiger charge is -2.05. The summed E-state index contributed by atoms with van der Waals surface area (Å²) in [6.07, 6.45) is 3.02. The number of aromatic nitrogens is 2. The third kappa shape index (κ3) is 1.23. The van der Waals surface area contributed by atoms with E-state index in [1.165, 1.54) is 0 Å². The van der Waals surface area contributed by atoms with E-state index in [1.54, 1.807) is 0 Å². The second-order valence-corrected chi connectivity index (χ2v) is 3.89. The molecule has 0 radical (unpaired) electrons. The molecule has 0 saturated heterocycles. The van der Waals surface area contributed by atoms with Gasteiger partial charge in [-0.3, -0.25) is 14.6 Å². The molecule has 1 heterocycles. The maximum Gasteiger partial charge on any atom is 0.267 e. The third-order valence-corrected chi connectivity index (χ3v) is 2.96. The molecule has 3 nitrogen and oxygen atoms in total. The van der Waals surface area contributed by atoms with E-state index in [0.717, 1.165) is 36.2 Å². The van der Waals surface area contributed by atoms with E-state index in [0.29, 0.717) is 0 Å². The molecule has 0 atom stereocenters. The Balaban J connectivity index is 2.22. The van der Waals surface area contributed by atoms with Crippen molar-refractivity contribution >= 4 is 0 Å². The molecule has 0 spiro atoms. The zero-order chi connectivity index (χ0) is 10.3. The topological polar surface area (TPSA) is 37.8 Å². The number of aromatic amines is 1. The smallest absolute Gasteiger partial charge is 0.267 e. The predicted octanol–water partition coefficient (Wildman–Crippen LogP) is 1.65. The van der Waals surface area contributed by atoms with E-state index in [1.807, 2.05) is 35.0 Å². The first-order chi connectivity index (χ1) is 7.36. The summed E-state index contributed by atoms with van der Waals surface area (Å²) >= 11 is 0. The Hall–Kier alpha value is -1.77. The van der Waals surface area contributed by atoms with Gasteiger partial charge in [0.25, 0.3) is 5.56 Å². The molecule has 0 bridgehead atoms. The van der Waals surface area contributed by atoms with Crippen LogP contribution in [0.4, 0.5) is 0 Å². The molecule has 1 aromatic carbocycles. The van der Waals surface area contributed by atoms with Gasteiger partial charge in [-0.25, -0.2) is 0 Å². The van der Waals surface area contributed by atoms with Crippen LogP contribution in [-0.2, 0) is 12.8 Å². The Morgan fingerprint density at radius 2 is 1.93 bits per heavy atom. The Kier molecular flexibility index (Phi) is 1.78. The second kappa shape index (κ2) is 3.12. The number of H-pyrrole nitrogens is 1. The van der Waals surface area contributed by atoms with Gasteiger partial charge >= 0.3 is 0 Å². The Labute approximate surface area is 87.3 Å². The average Bonchev–Trinajstić information content (AvgIpc) is 2.84. The number of rotatable bonds is 1.